The first kappa shape index (κ1) is 15.3. The van der Waals surface area contributed by atoms with Gasteiger partial charge in [0.1, 0.15) is 5.69 Å². The zero-order valence-electron chi connectivity index (χ0n) is 14.0. The van der Waals surface area contributed by atoms with Crippen LogP contribution in [0.2, 0.25) is 5.02 Å². The molecule has 25 heavy (non-hydrogen) atoms. The van der Waals surface area contributed by atoms with Gasteiger partial charge in [-0.1, -0.05) is 17.7 Å². The molecule has 3 heterocycles. The summed E-state index contributed by atoms with van der Waals surface area (Å²) in [5, 5.41) is 4.19. The standard InChI is InChI=1S/C19H20ClN3O2/c1-19(17-8-5-12(20)11-22-17)24-16-4-2-3-15(18(16)25-19)23-10-9-21-13-6-7-14(13)23/h2-5,8,11,13-14,21H,6-7,9-10H2,1H3/t13-,14+,19-/m0/s1. The Morgan fingerprint density at radius 1 is 1.24 bits per heavy atom. The molecule has 3 atom stereocenters. The number of hydrogen-bond acceptors (Lipinski definition) is 5. The molecule has 2 aromatic rings. The van der Waals surface area contributed by atoms with E-state index >= 15 is 0 Å². The van der Waals surface area contributed by atoms with E-state index in [9.17, 15) is 0 Å². The van der Waals surface area contributed by atoms with Crippen LogP contribution in [-0.4, -0.2) is 30.2 Å². The second-order valence-electron chi connectivity index (χ2n) is 7.01. The minimum Gasteiger partial charge on any atom is -0.443 e. The number of piperazine rings is 1. The Labute approximate surface area is 151 Å². The summed E-state index contributed by atoms with van der Waals surface area (Å²) in [6.07, 6.45) is 4.09. The number of halogens is 1. The zero-order chi connectivity index (χ0) is 17.0. The second-order valence-corrected chi connectivity index (χ2v) is 7.45. The van der Waals surface area contributed by atoms with Crippen LogP contribution in [0.15, 0.2) is 36.5 Å². The molecular formula is C19H20ClN3O2. The Hall–Kier alpha value is -1.98. The molecule has 1 saturated heterocycles. The van der Waals surface area contributed by atoms with Gasteiger partial charge in [-0.2, -0.15) is 0 Å². The van der Waals surface area contributed by atoms with Crippen LogP contribution in [0.25, 0.3) is 0 Å². The Balaban J connectivity index is 1.50. The molecule has 1 N–H and O–H groups in total. The lowest BCUT2D eigenvalue weighted by molar-refractivity contribution is -0.0716. The van der Waals surface area contributed by atoms with Crippen LogP contribution in [0.4, 0.5) is 5.69 Å². The highest BCUT2D eigenvalue weighted by Crippen LogP contribution is 2.50. The number of nitrogens with one attached hydrogen (secondary N) is 1. The van der Waals surface area contributed by atoms with Crippen LogP contribution >= 0.6 is 11.6 Å². The molecule has 130 valence electrons. The molecule has 1 aliphatic carbocycles. The van der Waals surface area contributed by atoms with E-state index in [1.54, 1.807) is 12.3 Å². The largest absolute Gasteiger partial charge is 0.443 e. The highest BCUT2D eigenvalue weighted by Gasteiger charge is 2.44. The van der Waals surface area contributed by atoms with E-state index in [2.05, 4.69) is 21.3 Å². The van der Waals surface area contributed by atoms with Gasteiger partial charge in [-0.15, -0.1) is 0 Å². The molecule has 0 amide bonds. The van der Waals surface area contributed by atoms with Crippen molar-refractivity contribution in [3.63, 3.8) is 0 Å². The van der Waals surface area contributed by atoms with Gasteiger partial charge in [-0.05, 0) is 37.1 Å². The monoisotopic (exact) mass is 357 g/mol. The van der Waals surface area contributed by atoms with Crippen molar-refractivity contribution < 1.29 is 9.47 Å². The van der Waals surface area contributed by atoms with Crippen LogP contribution in [0.1, 0.15) is 25.5 Å². The van der Waals surface area contributed by atoms with Gasteiger partial charge in [-0.25, -0.2) is 0 Å². The fourth-order valence-corrected chi connectivity index (χ4v) is 4.13. The van der Waals surface area contributed by atoms with Gasteiger partial charge < -0.3 is 19.7 Å². The third-order valence-corrected chi connectivity index (χ3v) is 5.68. The van der Waals surface area contributed by atoms with E-state index < -0.39 is 5.79 Å². The third kappa shape index (κ3) is 2.37. The quantitative estimate of drug-likeness (QED) is 0.893. The number of nitrogens with zero attached hydrogens (tertiary/aromatic N) is 2. The summed E-state index contributed by atoms with van der Waals surface area (Å²) in [6.45, 7) is 3.88. The van der Waals surface area contributed by atoms with Gasteiger partial charge in [-0.3, -0.25) is 4.98 Å². The number of anilines is 1. The molecule has 2 fully saturated rings. The maximum atomic E-state index is 6.32. The average molecular weight is 358 g/mol. The number of para-hydroxylation sites is 1. The molecule has 0 unspecified atom stereocenters. The highest BCUT2D eigenvalue weighted by atomic mass is 35.5. The number of hydrogen-bond donors (Lipinski definition) is 1. The minimum atomic E-state index is -0.934. The van der Waals surface area contributed by atoms with Crippen molar-refractivity contribution in [2.75, 3.05) is 18.0 Å². The Kier molecular flexibility index (Phi) is 3.37. The van der Waals surface area contributed by atoms with Crippen LogP contribution in [0.3, 0.4) is 0 Å². The minimum absolute atomic E-state index is 0.546. The third-order valence-electron chi connectivity index (χ3n) is 5.46. The fourth-order valence-electron chi connectivity index (χ4n) is 4.02. The lowest BCUT2D eigenvalue weighted by atomic mass is 9.83. The van der Waals surface area contributed by atoms with Crippen molar-refractivity contribution >= 4 is 17.3 Å². The van der Waals surface area contributed by atoms with Crippen molar-refractivity contribution in [1.29, 1.82) is 0 Å². The van der Waals surface area contributed by atoms with E-state index in [1.807, 2.05) is 25.1 Å². The molecule has 6 heteroatoms. The van der Waals surface area contributed by atoms with Gasteiger partial charge in [0.2, 0.25) is 0 Å². The van der Waals surface area contributed by atoms with Crippen LogP contribution in [-0.2, 0) is 5.79 Å². The maximum absolute atomic E-state index is 6.32. The molecule has 0 radical (unpaired) electrons. The van der Waals surface area contributed by atoms with Gasteiger partial charge >= 0.3 is 0 Å². The number of benzene rings is 1. The first-order valence-electron chi connectivity index (χ1n) is 8.77. The normalized spacial score (nSPS) is 29.9. The summed E-state index contributed by atoms with van der Waals surface area (Å²) in [7, 11) is 0. The van der Waals surface area contributed by atoms with E-state index in [1.165, 1.54) is 12.8 Å². The maximum Gasteiger partial charge on any atom is 0.292 e. The first-order chi connectivity index (χ1) is 12.1. The predicted molar refractivity (Wildman–Crippen MR) is 96.5 cm³/mol. The molecular weight excluding hydrogens is 338 g/mol. The molecule has 5 rings (SSSR count). The van der Waals surface area contributed by atoms with Crippen molar-refractivity contribution in [2.24, 2.45) is 0 Å². The summed E-state index contributed by atoms with van der Waals surface area (Å²) in [5.41, 5.74) is 1.83. The molecule has 0 spiro atoms. The molecule has 0 bridgehead atoms. The lowest BCUT2D eigenvalue weighted by Crippen LogP contribution is -2.63. The Morgan fingerprint density at radius 3 is 2.92 bits per heavy atom. The molecule has 1 saturated carbocycles. The molecule has 3 aliphatic rings. The summed E-state index contributed by atoms with van der Waals surface area (Å²) in [4.78, 5) is 6.86. The van der Waals surface area contributed by atoms with Gasteiger partial charge in [0.25, 0.3) is 5.79 Å². The van der Waals surface area contributed by atoms with Crippen molar-refractivity contribution in [1.82, 2.24) is 10.3 Å². The highest BCUT2D eigenvalue weighted by molar-refractivity contribution is 6.30. The van der Waals surface area contributed by atoms with E-state index in [0.717, 1.165) is 30.3 Å². The summed E-state index contributed by atoms with van der Waals surface area (Å²) < 4.78 is 12.5. The molecule has 1 aromatic carbocycles. The average Bonchev–Trinajstić information content (AvgIpc) is 2.93. The van der Waals surface area contributed by atoms with Crippen molar-refractivity contribution in [3.05, 3.63) is 47.2 Å². The SMILES string of the molecule is C[C@]1(c2ccc(Cl)cn2)Oc2cccc(N3CCN[C@H]4CC[C@H]43)c2O1. The number of fused-ring (bicyclic) bond motifs is 2. The molecule has 5 nitrogen and oxygen atoms in total. The van der Waals surface area contributed by atoms with E-state index in [0.29, 0.717) is 22.8 Å². The van der Waals surface area contributed by atoms with Crippen LogP contribution < -0.4 is 19.7 Å². The number of aromatic nitrogens is 1. The van der Waals surface area contributed by atoms with Gasteiger partial charge in [0.05, 0.1) is 10.7 Å². The fraction of sp³-hybridized carbons (Fsp3) is 0.421. The zero-order valence-corrected chi connectivity index (χ0v) is 14.8. The van der Waals surface area contributed by atoms with Crippen LogP contribution in [0.5, 0.6) is 11.5 Å². The number of rotatable bonds is 2. The molecule has 1 aromatic heterocycles. The topological polar surface area (TPSA) is 46.6 Å². The van der Waals surface area contributed by atoms with Crippen LogP contribution in [0, 0.1) is 0 Å². The lowest BCUT2D eigenvalue weighted by Gasteiger charge is -2.50. The van der Waals surface area contributed by atoms with E-state index in [-0.39, 0.29) is 0 Å². The predicted octanol–water partition coefficient (Wildman–Crippen LogP) is 3.32. The van der Waals surface area contributed by atoms with Gasteiger partial charge in [0.15, 0.2) is 11.5 Å². The first-order valence-corrected chi connectivity index (χ1v) is 9.15. The number of pyridine rings is 1. The van der Waals surface area contributed by atoms with Crippen molar-refractivity contribution in [2.45, 2.75) is 37.6 Å². The molecule has 2 aliphatic heterocycles. The Bertz CT molecular complexity index is 813. The smallest absolute Gasteiger partial charge is 0.292 e. The summed E-state index contributed by atoms with van der Waals surface area (Å²) in [5.74, 6) is 0.649. The summed E-state index contributed by atoms with van der Waals surface area (Å²) >= 11 is 5.96. The number of ether oxygens (including phenoxy) is 2. The summed E-state index contributed by atoms with van der Waals surface area (Å²) in [6, 6.07) is 10.9. The van der Waals surface area contributed by atoms with Gasteiger partial charge in [0, 0.05) is 38.3 Å². The Morgan fingerprint density at radius 2 is 2.16 bits per heavy atom. The second kappa shape index (κ2) is 5.51. The van der Waals surface area contributed by atoms with E-state index in [4.69, 9.17) is 21.1 Å². The van der Waals surface area contributed by atoms with Crippen molar-refractivity contribution in [3.8, 4) is 11.5 Å².